The van der Waals surface area contributed by atoms with E-state index in [9.17, 15) is 9.59 Å². The summed E-state index contributed by atoms with van der Waals surface area (Å²) in [5.41, 5.74) is 19.1. The Labute approximate surface area is 188 Å². The summed E-state index contributed by atoms with van der Waals surface area (Å²) in [5, 5.41) is 2.95. The number of likely N-dealkylation sites (tertiary alicyclic amines) is 1. The van der Waals surface area contributed by atoms with Crippen LogP contribution in [0.4, 0.5) is 0 Å². The van der Waals surface area contributed by atoms with Crippen LogP contribution < -0.4 is 22.5 Å². The van der Waals surface area contributed by atoms with Crippen molar-refractivity contribution in [2.45, 2.75) is 31.8 Å². The summed E-state index contributed by atoms with van der Waals surface area (Å²) in [6.45, 7) is 2.17. The molecule has 2 atom stereocenters. The summed E-state index contributed by atoms with van der Waals surface area (Å²) >= 11 is 0. The number of amides is 2. The zero-order valence-corrected chi connectivity index (χ0v) is 18.2. The van der Waals surface area contributed by atoms with E-state index in [1.165, 1.54) is 0 Å². The Morgan fingerprint density at radius 2 is 1.75 bits per heavy atom. The van der Waals surface area contributed by atoms with E-state index < -0.39 is 6.04 Å². The lowest BCUT2D eigenvalue weighted by Gasteiger charge is -2.34. The van der Waals surface area contributed by atoms with Gasteiger partial charge >= 0.3 is 0 Å². The Bertz CT molecular complexity index is 925. The van der Waals surface area contributed by atoms with Crippen LogP contribution in [0.25, 0.3) is 0 Å². The van der Waals surface area contributed by atoms with Gasteiger partial charge in [-0.2, -0.15) is 0 Å². The Morgan fingerprint density at radius 3 is 2.41 bits per heavy atom. The number of piperidine rings is 1. The van der Waals surface area contributed by atoms with Crippen molar-refractivity contribution in [2.75, 3.05) is 19.6 Å². The summed E-state index contributed by atoms with van der Waals surface area (Å²) in [7, 11) is 0. The molecule has 1 aliphatic rings. The van der Waals surface area contributed by atoms with Crippen LogP contribution in [0, 0.1) is 5.92 Å². The molecule has 2 amide bonds. The second-order valence-electron chi connectivity index (χ2n) is 8.17. The van der Waals surface area contributed by atoms with E-state index >= 15 is 0 Å². The van der Waals surface area contributed by atoms with Crippen LogP contribution in [0.1, 0.15) is 34.3 Å². The third-order valence-electron chi connectivity index (χ3n) is 5.70. The van der Waals surface area contributed by atoms with E-state index in [-0.39, 0.29) is 23.7 Å². The van der Waals surface area contributed by atoms with Gasteiger partial charge in [-0.3, -0.25) is 14.6 Å². The molecule has 2 aromatic rings. The number of hydrogen-bond acceptors (Lipinski definition) is 4. The van der Waals surface area contributed by atoms with Crippen molar-refractivity contribution in [3.05, 3.63) is 71.3 Å². The van der Waals surface area contributed by atoms with Crippen molar-refractivity contribution < 1.29 is 9.59 Å². The van der Waals surface area contributed by atoms with E-state index in [0.717, 1.165) is 24.0 Å². The normalized spacial score (nSPS) is 16.8. The first kappa shape index (κ1) is 23.3. The van der Waals surface area contributed by atoms with Gasteiger partial charge in [0.05, 0.1) is 0 Å². The fraction of sp³-hybridized carbons (Fsp3) is 0.375. The van der Waals surface area contributed by atoms with E-state index in [1.54, 1.807) is 24.3 Å². The topological polar surface area (TPSA) is 140 Å². The molecule has 1 saturated heterocycles. The van der Waals surface area contributed by atoms with E-state index in [4.69, 9.17) is 17.2 Å². The minimum absolute atomic E-state index is 0.0578. The Balaban J connectivity index is 1.76. The summed E-state index contributed by atoms with van der Waals surface area (Å²) in [5.74, 6) is -0.102. The molecule has 2 aromatic carbocycles. The van der Waals surface area contributed by atoms with Gasteiger partial charge in [0.25, 0.3) is 5.91 Å². The molecule has 0 aliphatic carbocycles. The number of rotatable bonds is 8. The maximum Gasteiger partial charge on any atom is 0.251 e. The standard InChI is InChI=1S/C24H32N6O2/c25-14-18-10-8-17(9-11-18)13-21(29-22(31)20-6-2-1-3-7-20)23(32)30-12-4-5-19(16-30)15-28-24(26)27/h1-3,6-11,19,21H,4-5,12-16,25H2,(H,29,31)(H4,26,27,28)/t19-,21-/m0/s1. The van der Waals surface area contributed by atoms with Gasteiger partial charge in [-0.15, -0.1) is 0 Å². The Morgan fingerprint density at radius 1 is 1.06 bits per heavy atom. The predicted octanol–water partition coefficient (Wildman–Crippen LogP) is 0.998. The Hall–Kier alpha value is -3.39. The molecule has 7 N–H and O–H groups in total. The SMILES string of the molecule is NCc1ccc(C[C@H](NC(=O)c2ccccc2)C(=O)N2CCC[C@@H](CN=C(N)N)C2)cc1. The molecular formula is C24H32N6O2. The van der Waals surface area contributed by atoms with E-state index in [2.05, 4.69) is 10.3 Å². The van der Waals surface area contributed by atoms with Crippen molar-refractivity contribution in [3.63, 3.8) is 0 Å². The molecule has 8 nitrogen and oxygen atoms in total. The average Bonchev–Trinajstić information content (AvgIpc) is 2.83. The number of carbonyl (C=O) groups excluding carboxylic acids is 2. The molecule has 1 aliphatic heterocycles. The van der Waals surface area contributed by atoms with Crippen LogP contribution >= 0.6 is 0 Å². The lowest BCUT2D eigenvalue weighted by Crippen LogP contribution is -2.52. The molecule has 0 radical (unpaired) electrons. The van der Waals surface area contributed by atoms with Crippen molar-refractivity contribution in [2.24, 2.45) is 28.1 Å². The number of carbonyl (C=O) groups is 2. The highest BCUT2D eigenvalue weighted by Crippen LogP contribution is 2.19. The van der Waals surface area contributed by atoms with Crippen molar-refractivity contribution >= 4 is 17.8 Å². The number of nitrogens with zero attached hydrogens (tertiary/aromatic N) is 2. The third kappa shape index (κ3) is 6.55. The number of benzene rings is 2. The second kappa shape index (κ2) is 11.3. The van der Waals surface area contributed by atoms with Gasteiger partial charge in [0.2, 0.25) is 5.91 Å². The lowest BCUT2D eigenvalue weighted by molar-refractivity contribution is -0.135. The second-order valence-corrected chi connectivity index (χ2v) is 8.17. The van der Waals surface area contributed by atoms with E-state index in [1.807, 2.05) is 35.2 Å². The predicted molar refractivity (Wildman–Crippen MR) is 126 cm³/mol. The van der Waals surface area contributed by atoms with Gasteiger partial charge in [0.15, 0.2) is 5.96 Å². The molecule has 170 valence electrons. The molecular weight excluding hydrogens is 404 g/mol. The maximum absolute atomic E-state index is 13.5. The van der Waals surface area contributed by atoms with Gasteiger partial charge in [-0.1, -0.05) is 42.5 Å². The monoisotopic (exact) mass is 436 g/mol. The minimum Gasteiger partial charge on any atom is -0.370 e. The molecule has 32 heavy (non-hydrogen) atoms. The van der Waals surface area contributed by atoms with Crippen molar-refractivity contribution in [3.8, 4) is 0 Å². The fourth-order valence-electron chi connectivity index (χ4n) is 3.95. The average molecular weight is 437 g/mol. The first-order valence-corrected chi connectivity index (χ1v) is 10.9. The van der Waals surface area contributed by atoms with E-state index in [0.29, 0.717) is 38.2 Å². The van der Waals surface area contributed by atoms with Crippen molar-refractivity contribution in [1.82, 2.24) is 10.2 Å². The third-order valence-corrected chi connectivity index (χ3v) is 5.70. The van der Waals surface area contributed by atoms with Gasteiger partial charge in [-0.05, 0) is 42.0 Å². The first-order valence-electron chi connectivity index (χ1n) is 10.9. The number of aliphatic imine (C=N–C) groups is 1. The maximum atomic E-state index is 13.5. The molecule has 0 saturated carbocycles. The molecule has 3 rings (SSSR count). The molecule has 8 heteroatoms. The van der Waals surface area contributed by atoms with Crippen LogP contribution in [0.2, 0.25) is 0 Å². The van der Waals surface area contributed by atoms with Crippen LogP contribution in [0.15, 0.2) is 59.6 Å². The summed E-state index contributed by atoms with van der Waals surface area (Å²) < 4.78 is 0. The summed E-state index contributed by atoms with van der Waals surface area (Å²) in [4.78, 5) is 32.2. The smallest absolute Gasteiger partial charge is 0.251 e. The lowest BCUT2D eigenvalue weighted by atomic mass is 9.96. The van der Waals surface area contributed by atoms with Crippen molar-refractivity contribution in [1.29, 1.82) is 0 Å². The summed E-state index contributed by atoms with van der Waals surface area (Å²) in [6.07, 6.45) is 2.24. The number of nitrogens with two attached hydrogens (primary N) is 3. The quantitative estimate of drug-likeness (QED) is 0.361. The zero-order valence-electron chi connectivity index (χ0n) is 18.2. The molecule has 0 bridgehead atoms. The molecule has 0 aromatic heterocycles. The molecule has 0 spiro atoms. The van der Waals surface area contributed by atoms with Gasteiger partial charge in [-0.25, -0.2) is 0 Å². The fourth-order valence-corrected chi connectivity index (χ4v) is 3.95. The first-order chi connectivity index (χ1) is 15.5. The number of guanidine groups is 1. The highest BCUT2D eigenvalue weighted by atomic mass is 16.2. The highest BCUT2D eigenvalue weighted by Gasteiger charge is 2.30. The Kier molecular flexibility index (Phi) is 8.21. The van der Waals surface area contributed by atoms with Crippen LogP contribution in [-0.2, 0) is 17.8 Å². The summed E-state index contributed by atoms with van der Waals surface area (Å²) in [6, 6.07) is 16.1. The zero-order chi connectivity index (χ0) is 22.9. The van der Waals surface area contributed by atoms with Gasteiger partial charge in [0.1, 0.15) is 6.04 Å². The highest BCUT2D eigenvalue weighted by molar-refractivity contribution is 5.97. The van der Waals surface area contributed by atoms with Gasteiger partial charge < -0.3 is 27.4 Å². The molecule has 1 heterocycles. The molecule has 1 fully saturated rings. The van der Waals surface area contributed by atoms with Crippen LogP contribution in [0.5, 0.6) is 0 Å². The van der Waals surface area contributed by atoms with Gasteiger partial charge in [0, 0.05) is 38.2 Å². The van der Waals surface area contributed by atoms with Crippen LogP contribution in [-0.4, -0.2) is 48.3 Å². The molecule has 0 unspecified atom stereocenters. The number of nitrogens with one attached hydrogen (secondary N) is 1. The largest absolute Gasteiger partial charge is 0.370 e. The number of hydrogen-bond donors (Lipinski definition) is 4. The minimum atomic E-state index is -0.673. The van der Waals surface area contributed by atoms with Crippen LogP contribution in [0.3, 0.4) is 0 Å².